The second kappa shape index (κ2) is 10.1. The first-order valence-corrected chi connectivity index (χ1v) is 9.06. The molecule has 8 nitrogen and oxygen atoms in total. The van der Waals surface area contributed by atoms with E-state index in [2.05, 4.69) is 16.2 Å². The summed E-state index contributed by atoms with van der Waals surface area (Å²) in [5, 5.41) is 2.60. The van der Waals surface area contributed by atoms with Crippen molar-refractivity contribution in [2.45, 2.75) is 39.5 Å². The second-order valence-electron chi connectivity index (χ2n) is 7.15. The first kappa shape index (κ1) is 21.7. The standard InChI is InChI=1S/C21H25N3O5/c1-21(2,3)29-19(26)22-13-16-11-7-8-12-17(16)18(25)23-24-20(27)28-14-15-9-5-4-6-10-15/h4-12H,13-14H2,1-3H3,(H,22,26)(H,23,25)(H,24,27). The molecule has 3 N–H and O–H groups in total. The summed E-state index contributed by atoms with van der Waals surface area (Å²) in [7, 11) is 0. The maximum atomic E-state index is 12.4. The van der Waals surface area contributed by atoms with Crippen molar-refractivity contribution < 1.29 is 23.9 Å². The molecule has 0 aliphatic carbocycles. The minimum Gasteiger partial charge on any atom is -0.444 e. The third-order valence-corrected chi connectivity index (χ3v) is 3.57. The minimum absolute atomic E-state index is 0.0823. The Morgan fingerprint density at radius 3 is 2.21 bits per heavy atom. The molecular formula is C21H25N3O5. The Morgan fingerprint density at radius 1 is 0.862 bits per heavy atom. The van der Waals surface area contributed by atoms with Gasteiger partial charge in [0.15, 0.2) is 0 Å². The zero-order chi connectivity index (χ0) is 21.3. The molecule has 0 aliphatic heterocycles. The van der Waals surface area contributed by atoms with Crippen molar-refractivity contribution >= 4 is 18.1 Å². The highest BCUT2D eigenvalue weighted by atomic mass is 16.6. The predicted octanol–water partition coefficient (Wildman–Crippen LogP) is 3.28. The number of nitrogens with one attached hydrogen (secondary N) is 3. The summed E-state index contributed by atoms with van der Waals surface area (Å²) in [4.78, 5) is 36.0. The lowest BCUT2D eigenvalue weighted by Crippen LogP contribution is -2.42. The van der Waals surface area contributed by atoms with E-state index in [0.29, 0.717) is 11.1 Å². The molecule has 2 aromatic carbocycles. The quantitative estimate of drug-likeness (QED) is 0.669. The van der Waals surface area contributed by atoms with Crippen molar-refractivity contribution in [2.24, 2.45) is 0 Å². The SMILES string of the molecule is CC(C)(C)OC(=O)NCc1ccccc1C(=O)NNC(=O)OCc1ccccc1. The lowest BCUT2D eigenvalue weighted by molar-refractivity contribution is 0.0522. The van der Waals surface area contributed by atoms with E-state index in [0.717, 1.165) is 5.56 Å². The van der Waals surface area contributed by atoms with Gasteiger partial charge in [0.2, 0.25) is 0 Å². The molecule has 29 heavy (non-hydrogen) atoms. The third-order valence-electron chi connectivity index (χ3n) is 3.57. The second-order valence-corrected chi connectivity index (χ2v) is 7.15. The Kier molecular flexibility index (Phi) is 7.59. The van der Waals surface area contributed by atoms with E-state index in [1.165, 1.54) is 0 Å². The molecule has 0 atom stereocenters. The number of hydrogen-bond acceptors (Lipinski definition) is 5. The Bertz CT molecular complexity index is 847. The summed E-state index contributed by atoms with van der Waals surface area (Å²) in [5.41, 5.74) is 5.57. The van der Waals surface area contributed by atoms with Gasteiger partial charge in [0.25, 0.3) is 5.91 Å². The van der Waals surface area contributed by atoms with Gasteiger partial charge in [-0.3, -0.25) is 10.2 Å². The Balaban J connectivity index is 1.85. The first-order valence-electron chi connectivity index (χ1n) is 9.06. The summed E-state index contributed by atoms with van der Waals surface area (Å²) >= 11 is 0. The molecule has 0 bridgehead atoms. The smallest absolute Gasteiger partial charge is 0.426 e. The Labute approximate surface area is 169 Å². The van der Waals surface area contributed by atoms with Crippen LogP contribution in [0.1, 0.15) is 42.3 Å². The van der Waals surface area contributed by atoms with Crippen molar-refractivity contribution in [1.82, 2.24) is 16.2 Å². The van der Waals surface area contributed by atoms with Crippen molar-refractivity contribution in [2.75, 3.05) is 0 Å². The van der Waals surface area contributed by atoms with Crippen LogP contribution in [0.4, 0.5) is 9.59 Å². The van der Waals surface area contributed by atoms with Crippen molar-refractivity contribution in [3.8, 4) is 0 Å². The summed E-state index contributed by atoms with van der Waals surface area (Å²) in [6.07, 6.45) is -1.37. The lowest BCUT2D eigenvalue weighted by Gasteiger charge is -2.20. The van der Waals surface area contributed by atoms with Gasteiger partial charge in [-0.15, -0.1) is 0 Å². The molecule has 3 amide bonds. The molecule has 0 saturated carbocycles. The highest BCUT2D eigenvalue weighted by Crippen LogP contribution is 2.10. The molecule has 0 aliphatic rings. The highest BCUT2D eigenvalue weighted by molar-refractivity contribution is 5.96. The van der Waals surface area contributed by atoms with Crippen LogP contribution in [-0.4, -0.2) is 23.7 Å². The van der Waals surface area contributed by atoms with Gasteiger partial charge in [-0.1, -0.05) is 48.5 Å². The van der Waals surface area contributed by atoms with Gasteiger partial charge in [-0.2, -0.15) is 0 Å². The molecule has 154 valence electrons. The van der Waals surface area contributed by atoms with E-state index in [9.17, 15) is 14.4 Å². The van der Waals surface area contributed by atoms with Gasteiger partial charge in [0.1, 0.15) is 12.2 Å². The van der Waals surface area contributed by atoms with E-state index in [-0.39, 0.29) is 13.2 Å². The number of rotatable bonds is 5. The number of carbonyl (C=O) groups is 3. The van der Waals surface area contributed by atoms with Crippen LogP contribution in [0.5, 0.6) is 0 Å². The van der Waals surface area contributed by atoms with Crippen molar-refractivity contribution in [3.05, 3.63) is 71.3 Å². The molecule has 8 heteroatoms. The van der Waals surface area contributed by atoms with Crippen LogP contribution in [0.25, 0.3) is 0 Å². The van der Waals surface area contributed by atoms with Crippen molar-refractivity contribution in [1.29, 1.82) is 0 Å². The van der Waals surface area contributed by atoms with Gasteiger partial charge in [0.05, 0.1) is 0 Å². The number of amides is 3. The van der Waals surface area contributed by atoms with E-state index in [1.807, 2.05) is 30.3 Å². The number of ether oxygens (including phenoxy) is 2. The number of alkyl carbamates (subject to hydrolysis) is 1. The average molecular weight is 399 g/mol. The summed E-state index contributed by atoms with van der Waals surface area (Å²) in [5.74, 6) is -0.539. The predicted molar refractivity (Wildman–Crippen MR) is 107 cm³/mol. The molecule has 2 aromatic rings. The van der Waals surface area contributed by atoms with E-state index >= 15 is 0 Å². The Hall–Kier alpha value is -3.55. The first-order chi connectivity index (χ1) is 13.7. The third kappa shape index (κ3) is 7.92. The van der Waals surface area contributed by atoms with Gasteiger partial charge in [0, 0.05) is 12.1 Å². The zero-order valence-electron chi connectivity index (χ0n) is 16.7. The molecule has 0 aromatic heterocycles. The summed E-state index contributed by atoms with van der Waals surface area (Å²) < 4.78 is 10.2. The molecule has 0 fully saturated rings. The van der Waals surface area contributed by atoms with Crippen LogP contribution in [0.15, 0.2) is 54.6 Å². The molecule has 0 unspecified atom stereocenters. The normalized spacial score (nSPS) is 10.6. The van der Waals surface area contributed by atoms with Crippen LogP contribution in [0.2, 0.25) is 0 Å². The largest absolute Gasteiger partial charge is 0.444 e. The maximum Gasteiger partial charge on any atom is 0.426 e. The van der Waals surface area contributed by atoms with Crippen LogP contribution >= 0.6 is 0 Å². The zero-order valence-corrected chi connectivity index (χ0v) is 16.7. The molecule has 0 radical (unpaired) electrons. The molecule has 2 rings (SSSR count). The minimum atomic E-state index is -0.786. The number of hydrazine groups is 1. The average Bonchev–Trinajstić information content (AvgIpc) is 2.68. The van der Waals surface area contributed by atoms with E-state index in [4.69, 9.17) is 9.47 Å². The van der Waals surface area contributed by atoms with E-state index in [1.54, 1.807) is 45.0 Å². The van der Waals surface area contributed by atoms with Gasteiger partial charge < -0.3 is 14.8 Å². The van der Waals surface area contributed by atoms with Gasteiger partial charge >= 0.3 is 12.2 Å². The fourth-order valence-electron chi connectivity index (χ4n) is 2.31. The fourth-order valence-corrected chi connectivity index (χ4v) is 2.31. The van der Waals surface area contributed by atoms with Gasteiger partial charge in [-0.05, 0) is 38.0 Å². The van der Waals surface area contributed by atoms with Crippen LogP contribution in [0.3, 0.4) is 0 Å². The topological polar surface area (TPSA) is 106 Å². The molecule has 0 heterocycles. The number of benzene rings is 2. The fraction of sp³-hybridized carbons (Fsp3) is 0.286. The van der Waals surface area contributed by atoms with Crippen LogP contribution < -0.4 is 16.2 Å². The number of carbonyl (C=O) groups excluding carboxylic acids is 3. The lowest BCUT2D eigenvalue weighted by atomic mass is 10.1. The van der Waals surface area contributed by atoms with Crippen LogP contribution in [0, 0.1) is 0 Å². The maximum absolute atomic E-state index is 12.4. The van der Waals surface area contributed by atoms with Crippen molar-refractivity contribution in [3.63, 3.8) is 0 Å². The van der Waals surface area contributed by atoms with Crippen LogP contribution in [-0.2, 0) is 22.6 Å². The van der Waals surface area contributed by atoms with Gasteiger partial charge in [-0.25, -0.2) is 15.0 Å². The molecule has 0 spiro atoms. The van der Waals surface area contributed by atoms with E-state index < -0.39 is 23.7 Å². The Morgan fingerprint density at radius 2 is 1.52 bits per heavy atom. The molecular weight excluding hydrogens is 374 g/mol. The molecule has 0 saturated heterocycles. The monoisotopic (exact) mass is 399 g/mol. The highest BCUT2D eigenvalue weighted by Gasteiger charge is 2.17. The number of hydrogen-bond donors (Lipinski definition) is 3. The summed E-state index contributed by atoms with van der Waals surface area (Å²) in [6, 6.07) is 15.9. The summed E-state index contributed by atoms with van der Waals surface area (Å²) in [6.45, 7) is 5.46.